The van der Waals surface area contributed by atoms with E-state index in [1.807, 2.05) is 18.0 Å². The summed E-state index contributed by atoms with van der Waals surface area (Å²) in [4.78, 5) is 13.9. The predicted octanol–water partition coefficient (Wildman–Crippen LogP) is 1.41. The molecule has 1 amide bonds. The summed E-state index contributed by atoms with van der Waals surface area (Å²) in [5.41, 5.74) is 0. The van der Waals surface area contributed by atoms with E-state index in [1.54, 1.807) is 0 Å². The highest BCUT2D eigenvalue weighted by atomic mass is 16.2. The van der Waals surface area contributed by atoms with Crippen LogP contribution in [-0.2, 0) is 4.79 Å². The molecule has 1 heterocycles. The maximum absolute atomic E-state index is 12.0. The lowest BCUT2D eigenvalue weighted by Gasteiger charge is -2.22. The van der Waals surface area contributed by atoms with Gasteiger partial charge in [-0.2, -0.15) is 0 Å². The van der Waals surface area contributed by atoms with Gasteiger partial charge in [0, 0.05) is 19.6 Å². The standard InChI is InChI=1S/C12H22N2O/c1-4-5-6-9-14(3)12(15)11-7-8-13-10(11)2/h4,10-11,13H,1,5-9H2,2-3H3. The average molecular weight is 210 g/mol. The van der Waals surface area contributed by atoms with Crippen molar-refractivity contribution in [2.24, 2.45) is 5.92 Å². The third kappa shape index (κ3) is 3.34. The molecule has 3 nitrogen and oxygen atoms in total. The molecule has 0 aromatic rings. The minimum Gasteiger partial charge on any atom is -0.345 e. The van der Waals surface area contributed by atoms with Crippen molar-refractivity contribution in [3.8, 4) is 0 Å². The van der Waals surface area contributed by atoms with Crippen LogP contribution >= 0.6 is 0 Å². The van der Waals surface area contributed by atoms with Gasteiger partial charge in [0.15, 0.2) is 0 Å². The Bertz CT molecular complexity index is 228. The number of carbonyl (C=O) groups excluding carboxylic acids is 1. The molecule has 0 spiro atoms. The summed E-state index contributed by atoms with van der Waals surface area (Å²) in [7, 11) is 1.90. The normalized spacial score (nSPS) is 25.2. The maximum Gasteiger partial charge on any atom is 0.227 e. The summed E-state index contributed by atoms with van der Waals surface area (Å²) in [5, 5.41) is 3.31. The van der Waals surface area contributed by atoms with Gasteiger partial charge in [0.05, 0.1) is 5.92 Å². The number of hydrogen-bond donors (Lipinski definition) is 1. The molecule has 2 unspecified atom stereocenters. The van der Waals surface area contributed by atoms with Crippen LogP contribution in [0, 0.1) is 5.92 Å². The quantitative estimate of drug-likeness (QED) is 0.549. The highest BCUT2D eigenvalue weighted by Gasteiger charge is 2.30. The number of amides is 1. The van der Waals surface area contributed by atoms with Crippen LogP contribution in [0.5, 0.6) is 0 Å². The van der Waals surface area contributed by atoms with E-state index >= 15 is 0 Å². The van der Waals surface area contributed by atoms with Crippen LogP contribution < -0.4 is 5.32 Å². The molecule has 1 aliphatic rings. The second kappa shape index (κ2) is 5.91. The highest BCUT2D eigenvalue weighted by molar-refractivity contribution is 5.79. The number of unbranched alkanes of at least 4 members (excludes halogenated alkanes) is 1. The number of rotatable bonds is 5. The lowest BCUT2D eigenvalue weighted by atomic mass is 10.0. The Morgan fingerprint density at radius 1 is 1.67 bits per heavy atom. The Labute approximate surface area is 92.5 Å². The first-order valence-corrected chi connectivity index (χ1v) is 5.76. The van der Waals surface area contributed by atoms with E-state index in [-0.39, 0.29) is 11.8 Å². The molecule has 86 valence electrons. The molecule has 3 heteroatoms. The van der Waals surface area contributed by atoms with Gasteiger partial charge in [0.1, 0.15) is 0 Å². The fourth-order valence-corrected chi connectivity index (χ4v) is 2.06. The molecule has 0 aromatic carbocycles. The SMILES string of the molecule is C=CCCCN(C)C(=O)C1CCNC1C. The molecule has 1 saturated heterocycles. The summed E-state index contributed by atoms with van der Waals surface area (Å²) in [6, 6.07) is 0.333. The smallest absolute Gasteiger partial charge is 0.227 e. The van der Waals surface area contributed by atoms with Crippen LogP contribution in [0.1, 0.15) is 26.2 Å². The second-order valence-electron chi connectivity index (χ2n) is 4.33. The van der Waals surface area contributed by atoms with Gasteiger partial charge < -0.3 is 10.2 Å². The van der Waals surface area contributed by atoms with Gasteiger partial charge in [-0.15, -0.1) is 6.58 Å². The Hall–Kier alpha value is -0.830. The third-order valence-electron chi connectivity index (χ3n) is 3.12. The van der Waals surface area contributed by atoms with E-state index in [2.05, 4.69) is 18.8 Å². The van der Waals surface area contributed by atoms with E-state index in [0.717, 1.165) is 32.4 Å². The Kier molecular flexibility index (Phi) is 4.82. The monoisotopic (exact) mass is 210 g/mol. The first kappa shape index (κ1) is 12.2. The Morgan fingerprint density at radius 3 is 2.93 bits per heavy atom. The fraction of sp³-hybridized carbons (Fsp3) is 0.750. The molecule has 1 rings (SSSR count). The molecule has 0 bridgehead atoms. The number of nitrogens with one attached hydrogen (secondary N) is 1. The van der Waals surface area contributed by atoms with Crippen molar-refractivity contribution in [3.05, 3.63) is 12.7 Å². The predicted molar refractivity (Wildman–Crippen MR) is 62.6 cm³/mol. The van der Waals surface area contributed by atoms with Crippen molar-refractivity contribution in [2.75, 3.05) is 20.1 Å². The van der Waals surface area contributed by atoms with Gasteiger partial charge >= 0.3 is 0 Å². The maximum atomic E-state index is 12.0. The molecule has 0 radical (unpaired) electrons. The van der Waals surface area contributed by atoms with Crippen LogP contribution in [0.15, 0.2) is 12.7 Å². The zero-order chi connectivity index (χ0) is 11.3. The van der Waals surface area contributed by atoms with Crippen molar-refractivity contribution in [3.63, 3.8) is 0 Å². The molecular weight excluding hydrogens is 188 g/mol. The lowest BCUT2D eigenvalue weighted by molar-refractivity contribution is -0.134. The minimum absolute atomic E-state index is 0.179. The third-order valence-corrected chi connectivity index (χ3v) is 3.12. The van der Waals surface area contributed by atoms with Crippen molar-refractivity contribution in [1.82, 2.24) is 10.2 Å². The molecular formula is C12H22N2O. The molecule has 1 fully saturated rings. The number of carbonyl (C=O) groups is 1. The molecule has 1 aliphatic heterocycles. The van der Waals surface area contributed by atoms with Gasteiger partial charge in [0.25, 0.3) is 0 Å². The van der Waals surface area contributed by atoms with Crippen LogP contribution in [0.25, 0.3) is 0 Å². The van der Waals surface area contributed by atoms with Crippen LogP contribution in [-0.4, -0.2) is 37.0 Å². The van der Waals surface area contributed by atoms with E-state index in [1.165, 1.54) is 0 Å². The molecule has 2 atom stereocenters. The average Bonchev–Trinajstić information content (AvgIpc) is 2.63. The number of hydrogen-bond acceptors (Lipinski definition) is 2. The zero-order valence-corrected chi connectivity index (χ0v) is 9.83. The molecule has 15 heavy (non-hydrogen) atoms. The summed E-state index contributed by atoms with van der Waals surface area (Å²) in [5.74, 6) is 0.468. The van der Waals surface area contributed by atoms with E-state index in [9.17, 15) is 4.79 Å². The topological polar surface area (TPSA) is 32.3 Å². The van der Waals surface area contributed by atoms with Crippen molar-refractivity contribution in [2.45, 2.75) is 32.2 Å². The summed E-state index contributed by atoms with van der Waals surface area (Å²) >= 11 is 0. The van der Waals surface area contributed by atoms with Gasteiger partial charge in [-0.25, -0.2) is 0 Å². The van der Waals surface area contributed by atoms with E-state index in [0.29, 0.717) is 6.04 Å². The van der Waals surface area contributed by atoms with Crippen molar-refractivity contribution in [1.29, 1.82) is 0 Å². The van der Waals surface area contributed by atoms with Gasteiger partial charge in [-0.3, -0.25) is 4.79 Å². The first-order valence-electron chi connectivity index (χ1n) is 5.76. The fourth-order valence-electron chi connectivity index (χ4n) is 2.06. The number of nitrogens with zero attached hydrogens (tertiary/aromatic N) is 1. The molecule has 0 saturated carbocycles. The number of allylic oxidation sites excluding steroid dienone is 1. The van der Waals surface area contributed by atoms with Crippen LogP contribution in [0.3, 0.4) is 0 Å². The summed E-state index contributed by atoms with van der Waals surface area (Å²) in [6.07, 6.45) is 4.88. The van der Waals surface area contributed by atoms with Crippen molar-refractivity contribution < 1.29 is 4.79 Å². The van der Waals surface area contributed by atoms with E-state index < -0.39 is 0 Å². The first-order chi connectivity index (χ1) is 7.16. The van der Waals surface area contributed by atoms with Gasteiger partial charge in [-0.05, 0) is 32.7 Å². The lowest BCUT2D eigenvalue weighted by Crippen LogP contribution is -2.38. The van der Waals surface area contributed by atoms with Crippen LogP contribution in [0.4, 0.5) is 0 Å². The zero-order valence-electron chi connectivity index (χ0n) is 9.83. The van der Waals surface area contributed by atoms with E-state index in [4.69, 9.17) is 0 Å². The summed E-state index contributed by atoms with van der Waals surface area (Å²) in [6.45, 7) is 7.58. The summed E-state index contributed by atoms with van der Waals surface area (Å²) < 4.78 is 0. The Morgan fingerprint density at radius 2 is 2.40 bits per heavy atom. The van der Waals surface area contributed by atoms with Crippen LogP contribution in [0.2, 0.25) is 0 Å². The molecule has 1 N–H and O–H groups in total. The minimum atomic E-state index is 0.179. The van der Waals surface area contributed by atoms with Crippen molar-refractivity contribution >= 4 is 5.91 Å². The highest BCUT2D eigenvalue weighted by Crippen LogP contribution is 2.17. The molecule has 0 aliphatic carbocycles. The largest absolute Gasteiger partial charge is 0.345 e. The van der Waals surface area contributed by atoms with Gasteiger partial charge in [-0.1, -0.05) is 6.08 Å². The second-order valence-corrected chi connectivity index (χ2v) is 4.33. The molecule has 0 aromatic heterocycles. The van der Waals surface area contributed by atoms with Gasteiger partial charge in [0.2, 0.25) is 5.91 Å². The Balaban J connectivity index is 2.34.